The Morgan fingerprint density at radius 1 is 1.45 bits per heavy atom. The molecule has 1 amide bonds. The third-order valence-corrected chi connectivity index (χ3v) is 3.86. The van der Waals surface area contributed by atoms with Crippen LogP contribution in [0.25, 0.3) is 0 Å². The van der Waals surface area contributed by atoms with E-state index in [9.17, 15) is 22.8 Å². The summed E-state index contributed by atoms with van der Waals surface area (Å²) in [4.78, 5) is 24.6. The molecule has 6 nitrogen and oxygen atoms in total. The molecule has 1 aromatic rings. The van der Waals surface area contributed by atoms with E-state index in [0.29, 0.717) is 0 Å². The smallest absolute Gasteiger partial charge is 0.435 e. The molecule has 9 heteroatoms. The number of nitrogens with zero attached hydrogens (tertiary/aromatic N) is 3. The molecule has 1 atom stereocenters. The minimum atomic E-state index is -4.73. The predicted octanol–water partition coefficient (Wildman–Crippen LogP) is 1.86. The summed E-state index contributed by atoms with van der Waals surface area (Å²) < 4.78 is 40.0. The van der Waals surface area contributed by atoms with Crippen LogP contribution in [-0.2, 0) is 17.5 Å². The Bertz CT molecular complexity index is 611. The molecule has 1 unspecified atom stereocenters. The third kappa shape index (κ3) is 2.79. The molecule has 1 saturated heterocycles. The monoisotopic (exact) mass is 319 g/mol. The standard InChI is InChI=1S/C13H16F3N3O3/c1-3-19-6-8(9(17-19)13(14,15)16)10(20)18-5-4-12(2,7-18)11(21)22/h6H,3-5,7H2,1-2H3,(H,21,22). The number of aliphatic carboxylic acids is 1. The molecule has 0 spiro atoms. The first-order valence-electron chi connectivity index (χ1n) is 6.76. The molecule has 22 heavy (non-hydrogen) atoms. The lowest BCUT2D eigenvalue weighted by molar-refractivity contribution is -0.147. The molecule has 1 N–H and O–H groups in total. The van der Waals surface area contributed by atoms with Crippen LogP contribution in [0.4, 0.5) is 13.2 Å². The molecule has 1 aromatic heterocycles. The van der Waals surface area contributed by atoms with E-state index in [0.717, 1.165) is 15.8 Å². The quantitative estimate of drug-likeness (QED) is 0.923. The number of alkyl halides is 3. The lowest BCUT2D eigenvalue weighted by Gasteiger charge is -2.20. The normalized spacial score (nSPS) is 22.1. The van der Waals surface area contributed by atoms with Gasteiger partial charge in [0, 0.05) is 25.8 Å². The largest absolute Gasteiger partial charge is 0.481 e. The summed E-state index contributed by atoms with van der Waals surface area (Å²) in [6.07, 6.45) is -3.47. The second kappa shape index (κ2) is 5.29. The van der Waals surface area contributed by atoms with E-state index < -0.39 is 34.7 Å². The highest BCUT2D eigenvalue weighted by Crippen LogP contribution is 2.34. The van der Waals surface area contributed by atoms with Gasteiger partial charge in [-0.25, -0.2) is 0 Å². The number of carbonyl (C=O) groups excluding carboxylic acids is 1. The molecule has 0 saturated carbocycles. The first kappa shape index (κ1) is 16.3. The van der Waals surface area contributed by atoms with E-state index in [1.165, 1.54) is 6.92 Å². The van der Waals surface area contributed by atoms with Crippen LogP contribution in [0.15, 0.2) is 6.20 Å². The Hall–Kier alpha value is -2.06. The average Bonchev–Trinajstić information content (AvgIpc) is 3.02. The van der Waals surface area contributed by atoms with Crippen molar-refractivity contribution < 1.29 is 27.9 Å². The number of likely N-dealkylation sites (tertiary alicyclic amines) is 1. The number of aromatic nitrogens is 2. The second-order valence-electron chi connectivity index (χ2n) is 5.59. The van der Waals surface area contributed by atoms with Crippen LogP contribution in [-0.4, -0.2) is 44.8 Å². The molecule has 0 bridgehead atoms. The van der Waals surface area contributed by atoms with E-state index in [2.05, 4.69) is 5.10 Å². The molecule has 1 aliphatic heterocycles. The second-order valence-corrected chi connectivity index (χ2v) is 5.59. The number of hydrogen-bond donors (Lipinski definition) is 1. The van der Waals surface area contributed by atoms with E-state index in [-0.39, 0.29) is 26.1 Å². The zero-order valence-corrected chi connectivity index (χ0v) is 12.1. The van der Waals surface area contributed by atoms with Crippen molar-refractivity contribution in [3.8, 4) is 0 Å². The fourth-order valence-corrected chi connectivity index (χ4v) is 2.43. The van der Waals surface area contributed by atoms with Crippen molar-refractivity contribution in [2.45, 2.75) is 33.0 Å². The zero-order chi connectivity index (χ0) is 16.7. The number of carboxylic acid groups (broad SMARTS) is 1. The maximum absolute atomic E-state index is 13.0. The Balaban J connectivity index is 2.31. The highest BCUT2D eigenvalue weighted by Gasteiger charge is 2.45. The van der Waals surface area contributed by atoms with Crippen LogP contribution in [0.5, 0.6) is 0 Å². The summed E-state index contributed by atoms with van der Waals surface area (Å²) in [7, 11) is 0. The Labute approximate surface area is 124 Å². The predicted molar refractivity (Wildman–Crippen MR) is 69.2 cm³/mol. The van der Waals surface area contributed by atoms with Crippen molar-refractivity contribution in [1.29, 1.82) is 0 Å². The average molecular weight is 319 g/mol. The van der Waals surface area contributed by atoms with Crippen molar-refractivity contribution in [1.82, 2.24) is 14.7 Å². The topological polar surface area (TPSA) is 75.4 Å². The minimum Gasteiger partial charge on any atom is -0.481 e. The molecule has 1 aliphatic rings. The van der Waals surface area contributed by atoms with Crippen LogP contribution in [0, 0.1) is 5.41 Å². The Morgan fingerprint density at radius 2 is 2.09 bits per heavy atom. The van der Waals surface area contributed by atoms with Gasteiger partial charge in [0.2, 0.25) is 0 Å². The van der Waals surface area contributed by atoms with Gasteiger partial charge in [0.05, 0.1) is 11.0 Å². The summed E-state index contributed by atoms with van der Waals surface area (Å²) >= 11 is 0. The summed E-state index contributed by atoms with van der Waals surface area (Å²) in [5.41, 5.74) is -2.90. The fourth-order valence-electron chi connectivity index (χ4n) is 2.43. The van der Waals surface area contributed by atoms with Crippen LogP contribution in [0.2, 0.25) is 0 Å². The van der Waals surface area contributed by atoms with Crippen molar-refractivity contribution in [3.63, 3.8) is 0 Å². The van der Waals surface area contributed by atoms with Gasteiger partial charge in [0.15, 0.2) is 5.69 Å². The van der Waals surface area contributed by atoms with E-state index in [1.54, 1.807) is 6.92 Å². The van der Waals surface area contributed by atoms with Crippen molar-refractivity contribution >= 4 is 11.9 Å². The number of carbonyl (C=O) groups is 2. The fraction of sp³-hybridized carbons (Fsp3) is 0.615. The number of aryl methyl sites for hydroxylation is 1. The van der Waals surface area contributed by atoms with Gasteiger partial charge in [-0.1, -0.05) is 0 Å². The SMILES string of the molecule is CCn1cc(C(=O)N2CCC(C)(C(=O)O)C2)c(C(F)(F)F)n1. The van der Waals surface area contributed by atoms with Gasteiger partial charge >= 0.3 is 12.1 Å². The summed E-state index contributed by atoms with van der Waals surface area (Å²) in [6.45, 7) is 3.27. The highest BCUT2D eigenvalue weighted by atomic mass is 19.4. The molecule has 2 rings (SSSR count). The number of carboxylic acids is 1. The van der Waals surface area contributed by atoms with Crippen molar-refractivity contribution in [3.05, 3.63) is 17.5 Å². The van der Waals surface area contributed by atoms with E-state index >= 15 is 0 Å². The summed E-state index contributed by atoms with van der Waals surface area (Å²) in [5.74, 6) is -1.90. The van der Waals surface area contributed by atoms with Gasteiger partial charge < -0.3 is 10.0 Å². The van der Waals surface area contributed by atoms with Gasteiger partial charge in [0.1, 0.15) is 0 Å². The maximum Gasteiger partial charge on any atom is 0.435 e. The molecule has 122 valence electrons. The molecular formula is C13H16F3N3O3. The minimum absolute atomic E-state index is 0.107. The number of halogens is 3. The molecule has 1 fully saturated rings. The van der Waals surface area contributed by atoms with Gasteiger partial charge in [0.25, 0.3) is 5.91 Å². The van der Waals surface area contributed by atoms with Crippen LogP contribution in [0.1, 0.15) is 36.3 Å². The molecule has 0 aliphatic carbocycles. The maximum atomic E-state index is 13.0. The van der Waals surface area contributed by atoms with Gasteiger partial charge in [-0.05, 0) is 20.3 Å². The van der Waals surface area contributed by atoms with E-state index in [1.807, 2.05) is 0 Å². The van der Waals surface area contributed by atoms with Crippen LogP contribution in [0.3, 0.4) is 0 Å². The molecule has 0 aromatic carbocycles. The number of rotatable bonds is 3. The Kier molecular flexibility index (Phi) is 3.92. The summed E-state index contributed by atoms with van der Waals surface area (Å²) in [6, 6.07) is 0. The molecule has 0 radical (unpaired) electrons. The van der Waals surface area contributed by atoms with Crippen molar-refractivity contribution in [2.24, 2.45) is 5.41 Å². The molecular weight excluding hydrogens is 303 g/mol. The van der Waals surface area contributed by atoms with Gasteiger partial charge in [-0.15, -0.1) is 0 Å². The third-order valence-electron chi connectivity index (χ3n) is 3.86. The Morgan fingerprint density at radius 3 is 2.55 bits per heavy atom. The summed E-state index contributed by atoms with van der Waals surface area (Å²) in [5, 5.41) is 12.5. The van der Waals surface area contributed by atoms with Crippen LogP contribution >= 0.6 is 0 Å². The highest BCUT2D eigenvalue weighted by molar-refractivity contribution is 5.96. The van der Waals surface area contributed by atoms with Crippen LogP contribution < -0.4 is 0 Å². The van der Waals surface area contributed by atoms with Gasteiger partial charge in [-0.3, -0.25) is 14.3 Å². The lowest BCUT2D eigenvalue weighted by Crippen LogP contribution is -2.35. The number of hydrogen-bond acceptors (Lipinski definition) is 3. The van der Waals surface area contributed by atoms with E-state index in [4.69, 9.17) is 5.11 Å². The first-order valence-corrected chi connectivity index (χ1v) is 6.76. The lowest BCUT2D eigenvalue weighted by atomic mass is 9.90. The molecule has 2 heterocycles. The first-order chi connectivity index (χ1) is 10.1. The van der Waals surface area contributed by atoms with Crippen molar-refractivity contribution in [2.75, 3.05) is 13.1 Å². The zero-order valence-electron chi connectivity index (χ0n) is 12.1. The van der Waals surface area contributed by atoms with Gasteiger partial charge in [-0.2, -0.15) is 18.3 Å². The number of amides is 1.